The summed E-state index contributed by atoms with van der Waals surface area (Å²) in [7, 11) is 3.09. The Labute approximate surface area is 202 Å². The molecule has 7 nitrogen and oxygen atoms in total. The maximum atomic E-state index is 13.5. The van der Waals surface area contributed by atoms with Crippen molar-refractivity contribution in [1.82, 2.24) is 9.55 Å². The van der Waals surface area contributed by atoms with Gasteiger partial charge in [-0.25, -0.2) is 9.37 Å². The highest BCUT2D eigenvalue weighted by Gasteiger charge is 2.26. The summed E-state index contributed by atoms with van der Waals surface area (Å²) in [6.45, 7) is 0. The van der Waals surface area contributed by atoms with Crippen LogP contribution in [-0.2, 0) is 0 Å². The lowest BCUT2D eigenvalue weighted by Crippen LogP contribution is -2.11. The Morgan fingerprint density at radius 2 is 1.77 bits per heavy atom. The van der Waals surface area contributed by atoms with Crippen molar-refractivity contribution in [3.63, 3.8) is 0 Å². The highest BCUT2D eigenvalue weighted by Crippen LogP contribution is 2.39. The van der Waals surface area contributed by atoms with E-state index in [1.807, 2.05) is 6.33 Å². The minimum absolute atomic E-state index is 0.166. The molecule has 1 aliphatic rings. The first-order chi connectivity index (χ1) is 17.1. The Morgan fingerprint density at radius 1 is 1.03 bits per heavy atom. The van der Waals surface area contributed by atoms with Crippen LogP contribution < -0.4 is 14.8 Å². The number of carbonyl (C=O) groups is 1. The van der Waals surface area contributed by atoms with Gasteiger partial charge in [0, 0.05) is 23.4 Å². The second kappa shape index (κ2) is 9.66. The number of carbonyl (C=O) groups excluding carboxylic acids is 1. The third kappa shape index (κ3) is 4.51. The summed E-state index contributed by atoms with van der Waals surface area (Å²) >= 11 is 0. The number of ether oxygens (including phenoxy) is 2. The monoisotopic (exact) mass is 475 g/mol. The van der Waals surface area contributed by atoms with E-state index < -0.39 is 5.91 Å². The number of halogens is 1. The van der Waals surface area contributed by atoms with Crippen LogP contribution in [0.3, 0.4) is 0 Å². The molecule has 0 saturated heterocycles. The molecule has 1 amide bonds. The first-order valence-electron chi connectivity index (χ1n) is 11.5. The summed E-state index contributed by atoms with van der Waals surface area (Å²) in [6, 6.07) is 15.1. The molecule has 0 spiro atoms. The van der Waals surface area contributed by atoms with E-state index in [0.29, 0.717) is 34.7 Å². The number of methoxy groups -OCH3 is 2. The minimum atomic E-state index is -0.390. The van der Waals surface area contributed by atoms with Crippen molar-refractivity contribution in [3.8, 4) is 34.2 Å². The number of hydrogen-bond acceptors (Lipinski definition) is 5. The van der Waals surface area contributed by atoms with E-state index in [2.05, 4.69) is 14.9 Å². The third-order valence-electron chi connectivity index (χ3n) is 6.33. The van der Waals surface area contributed by atoms with Gasteiger partial charge in [0.2, 0.25) is 0 Å². The Kier molecular flexibility index (Phi) is 6.27. The molecule has 1 saturated carbocycles. The molecule has 5 rings (SSSR count). The third-order valence-corrected chi connectivity index (χ3v) is 6.33. The number of benzene rings is 2. The Bertz CT molecular complexity index is 1340. The number of imidazole rings is 1. The molecule has 1 aliphatic carbocycles. The molecule has 2 aromatic carbocycles. The summed E-state index contributed by atoms with van der Waals surface area (Å²) < 4.78 is 32.3. The van der Waals surface area contributed by atoms with Crippen molar-refractivity contribution in [2.45, 2.75) is 31.7 Å². The molecule has 180 valence electrons. The molecule has 0 bridgehead atoms. The predicted octanol–water partition coefficient (Wildman–Crippen LogP) is 6.33. The SMILES string of the molecule is COc1ccc(NC(=O)c2ccc(-c3c(-c4ccc(F)cc4)ncn3C3CCCC3)o2)cc1OC. The van der Waals surface area contributed by atoms with Crippen molar-refractivity contribution in [3.05, 3.63) is 72.5 Å². The normalized spacial score (nSPS) is 13.7. The van der Waals surface area contributed by atoms with Crippen molar-refractivity contribution < 1.29 is 23.1 Å². The van der Waals surface area contributed by atoms with E-state index in [-0.39, 0.29) is 11.6 Å². The van der Waals surface area contributed by atoms with Gasteiger partial charge in [-0.15, -0.1) is 0 Å². The van der Waals surface area contributed by atoms with Crippen LogP contribution >= 0.6 is 0 Å². The van der Waals surface area contributed by atoms with Gasteiger partial charge in [-0.2, -0.15) is 0 Å². The van der Waals surface area contributed by atoms with E-state index in [9.17, 15) is 9.18 Å². The lowest BCUT2D eigenvalue weighted by atomic mass is 10.1. The van der Waals surface area contributed by atoms with Gasteiger partial charge in [0.05, 0.1) is 26.2 Å². The van der Waals surface area contributed by atoms with Crippen LogP contribution in [0.25, 0.3) is 22.7 Å². The number of nitrogens with one attached hydrogen (secondary N) is 1. The Balaban J connectivity index is 1.47. The highest BCUT2D eigenvalue weighted by molar-refractivity contribution is 6.02. The van der Waals surface area contributed by atoms with Gasteiger partial charge in [0.25, 0.3) is 5.91 Å². The fraction of sp³-hybridized carbons (Fsp3) is 0.259. The van der Waals surface area contributed by atoms with E-state index in [1.54, 1.807) is 49.6 Å². The van der Waals surface area contributed by atoms with Crippen molar-refractivity contribution in [2.24, 2.45) is 0 Å². The summed E-state index contributed by atoms with van der Waals surface area (Å²) in [5, 5.41) is 2.83. The second-order valence-corrected chi connectivity index (χ2v) is 8.48. The van der Waals surface area contributed by atoms with Crippen LogP contribution in [0.5, 0.6) is 11.5 Å². The van der Waals surface area contributed by atoms with Gasteiger partial charge >= 0.3 is 0 Å². The van der Waals surface area contributed by atoms with Gasteiger partial charge in [0.1, 0.15) is 11.5 Å². The zero-order valence-electron chi connectivity index (χ0n) is 19.6. The molecule has 35 heavy (non-hydrogen) atoms. The summed E-state index contributed by atoms with van der Waals surface area (Å²) in [6.07, 6.45) is 6.24. The quantitative estimate of drug-likeness (QED) is 0.338. The van der Waals surface area contributed by atoms with Gasteiger partial charge in [0.15, 0.2) is 23.0 Å². The largest absolute Gasteiger partial charge is 0.493 e. The maximum Gasteiger partial charge on any atom is 0.291 e. The Morgan fingerprint density at radius 3 is 2.49 bits per heavy atom. The number of amides is 1. The molecule has 1 fully saturated rings. The first-order valence-corrected chi connectivity index (χ1v) is 11.5. The molecule has 2 heterocycles. The highest BCUT2D eigenvalue weighted by atomic mass is 19.1. The fourth-order valence-electron chi connectivity index (χ4n) is 4.58. The van der Waals surface area contributed by atoms with Crippen LogP contribution in [0.4, 0.5) is 10.1 Å². The average Bonchev–Trinajstić information content (AvgIpc) is 3.64. The van der Waals surface area contributed by atoms with Crippen LogP contribution in [0.1, 0.15) is 42.3 Å². The topological polar surface area (TPSA) is 78.5 Å². The fourth-order valence-corrected chi connectivity index (χ4v) is 4.58. The van der Waals surface area contributed by atoms with Crippen LogP contribution in [0.15, 0.2) is 65.3 Å². The average molecular weight is 476 g/mol. The Hall–Kier alpha value is -4.07. The molecule has 0 unspecified atom stereocenters. The zero-order valence-corrected chi connectivity index (χ0v) is 19.6. The van der Waals surface area contributed by atoms with E-state index >= 15 is 0 Å². The number of anilines is 1. The molecule has 0 radical (unpaired) electrons. The minimum Gasteiger partial charge on any atom is -0.493 e. The molecule has 8 heteroatoms. The lowest BCUT2D eigenvalue weighted by molar-refractivity contribution is 0.0997. The standard InChI is InChI=1S/C27H26FN3O4/c1-33-21-12-11-19(15-24(21)34-2)30-27(32)23-14-13-22(35-23)26-25(17-7-9-18(28)10-8-17)29-16-31(26)20-5-3-4-6-20/h7-16,20H,3-6H2,1-2H3,(H,30,32). The van der Waals surface area contributed by atoms with Gasteiger partial charge in [-0.3, -0.25) is 4.79 Å². The molecule has 2 aromatic heterocycles. The van der Waals surface area contributed by atoms with Crippen molar-refractivity contribution in [2.75, 3.05) is 19.5 Å². The smallest absolute Gasteiger partial charge is 0.291 e. The van der Waals surface area contributed by atoms with Crippen molar-refractivity contribution in [1.29, 1.82) is 0 Å². The van der Waals surface area contributed by atoms with Gasteiger partial charge in [-0.05, 0) is 61.4 Å². The van der Waals surface area contributed by atoms with E-state index in [0.717, 1.165) is 36.9 Å². The summed E-state index contributed by atoms with van der Waals surface area (Å²) in [5.41, 5.74) is 2.81. The zero-order chi connectivity index (χ0) is 24.4. The molecular formula is C27H26FN3O4. The molecule has 1 N–H and O–H groups in total. The van der Waals surface area contributed by atoms with Crippen LogP contribution in [0, 0.1) is 5.82 Å². The number of aromatic nitrogens is 2. The lowest BCUT2D eigenvalue weighted by Gasteiger charge is -2.15. The van der Waals surface area contributed by atoms with Crippen molar-refractivity contribution >= 4 is 11.6 Å². The van der Waals surface area contributed by atoms with Gasteiger partial charge < -0.3 is 23.8 Å². The van der Waals surface area contributed by atoms with E-state index in [1.165, 1.54) is 19.2 Å². The second-order valence-electron chi connectivity index (χ2n) is 8.48. The van der Waals surface area contributed by atoms with E-state index in [4.69, 9.17) is 13.9 Å². The number of nitrogens with zero attached hydrogens (tertiary/aromatic N) is 2. The van der Waals surface area contributed by atoms with Gasteiger partial charge in [-0.1, -0.05) is 12.8 Å². The maximum absolute atomic E-state index is 13.5. The number of hydrogen-bond donors (Lipinski definition) is 1. The summed E-state index contributed by atoms with van der Waals surface area (Å²) in [4.78, 5) is 17.6. The number of rotatable bonds is 7. The molecular weight excluding hydrogens is 449 g/mol. The first kappa shape index (κ1) is 22.7. The number of furan rings is 1. The molecule has 0 aliphatic heterocycles. The van der Waals surface area contributed by atoms with Crippen LogP contribution in [0.2, 0.25) is 0 Å². The van der Waals surface area contributed by atoms with Crippen LogP contribution in [-0.4, -0.2) is 29.7 Å². The summed E-state index contributed by atoms with van der Waals surface area (Å²) in [5.74, 6) is 1.08. The molecule has 0 atom stereocenters. The molecule has 4 aromatic rings. The predicted molar refractivity (Wildman–Crippen MR) is 130 cm³/mol.